The summed E-state index contributed by atoms with van der Waals surface area (Å²) in [4.78, 5) is 0. The summed E-state index contributed by atoms with van der Waals surface area (Å²) >= 11 is 0. The Hall–Kier alpha value is -0.900. The summed E-state index contributed by atoms with van der Waals surface area (Å²) in [5.74, 6) is 0. The molecule has 1 aromatic carbocycles. The van der Waals surface area contributed by atoms with Gasteiger partial charge in [0.25, 0.3) is 0 Å². The molecule has 0 heterocycles. The van der Waals surface area contributed by atoms with Crippen LogP contribution in [-0.4, -0.2) is 30.9 Å². The first-order valence-corrected chi connectivity index (χ1v) is 6.29. The number of nitrogens with one attached hydrogen (secondary N) is 1. The van der Waals surface area contributed by atoms with Crippen LogP contribution in [0.2, 0.25) is 0 Å². The van der Waals surface area contributed by atoms with Crippen molar-refractivity contribution in [2.45, 2.75) is 32.5 Å². The lowest BCUT2D eigenvalue weighted by molar-refractivity contribution is -0.00194. The zero-order valence-corrected chi connectivity index (χ0v) is 10.7. The number of aliphatic hydroxyl groups excluding tert-OH is 1. The molecule has 2 unspecified atom stereocenters. The monoisotopic (exact) mass is 237 g/mol. The number of benzene rings is 1. The molecule has 1 aromatic rings. The van der Waals surface area contributed by atoms with Gasteiger partial charge in [0.2, 0.25) is 0 Å². The maximum atomic E-state index is 9.68. The summed E-state index contributed by atoms with van der Waals surface area (Å²) in [6.07, 6.45) is 0.665. The van der Waals surface area contributed by atoms with Crippen LogP contribution in [0.1, 0.15) is 31.9 Å². The van der Waals surface area contributed by atoms with Crippen LogP contribution in [0.15, 0.2) is 30.3 Å². The molecular formula is C14H23NO2. The Kier molecular flexibility index (Phi) is 6.86. The molecular weight excluding hydrogens is 214 g/mol. The molecule has 0 bridgehead atoms. The average Bonchev–Trinajstić information content (AvgIpc) is 2.37. The van der Waals surface area contributed by atoms with Crippen LogP contribution in [0, 0.1) is 0 Å². The average molecular weight is 237 g/mol. The van der Waals surface area contributed by atoms with Gasteiger partial charge in [-0.2, -0.15) is 0 Å². The highest BCUT2D eigenvalue weighted by Crippen LogP contribution is 2.15. The van der Waals surface area contributed by atoms with Crippen LogP contribution in [0.4, 0.5) is 0 Å². The molecule has 3 nitrogen and oxygen atoms in total. The van der Waals surface area contributed by atoms with Crippen LogP contribution >= 0.6 is 0 Å². The van der Waals surface area contributed by atoms with E-state index in [1.165, 1.54) is 0 Å². The van der Waals surface area contributed by atoms with Gasteiger partial charge < -0.3 is 15.2 Å². The van der Waals surface area contributed by atoms with Crippen LogP contribution in [0.25, 0.3) is 0 Å². The number of hydrogen-bond acceptors (Lipinski definition) is 3. The maximum absolute atomic E-state index is 9.68. The highest BCUT2D eigenvalue weighted by atomic mass is 16.5. The fourth-order valence-corrected chi connectivity index (χ4v) is 1.58. The van der Waals surface area contributed by atoms with E-state index in [0.29, 0.717) is 13.2 Å². The molecule has 0 fully saturated rings. The van der Waals surface area contributed by atoms with Crippen LogP contribution in [-0.2, 0) is 4.74 Å². The second-order valence-electron chi connectivity index (χ2n) is 4.24. The van der Waals surface area contributed by atoms with E-state index in [1.54, 1.807) is 0 Å². The zero-order valence-electron chi connectivity index (χ0n) is 10.7. The first-order chi connectivity index (χ1) is 8.24. The lowest BCUT2D eigenvalue weighted by atomic mass is 10.1. The SMILES string of the molecule is CCCNCC(O)COC(C)c1ccccc1. The second kappa shape index (κ2) is 8.23. The van der Waals surface area contributed by atoms with Crippen molar-refractivity contribution in [3.63, 3.8) is 0 Å². The van der Waals surface area contributed by atoms with E-state index in [-0.39, 0.29) is 6.10 Å². The predicted octanol–water partition coefficient (Wildman–Crippen LogP) is 2.12. The minimum absolute atomic E-state index is 0.0250. The smallest absolute Gasteiger partial charge is 0.0897 e. The van der Waals surface area contributed by atoms with Crippen molar-refractivity contribution in [2.75, 3.05) is 19.7 Å². The highest BCUT2D eigenvalue weighted by Gasteiger charge is 2.08. The Morgan fingerprint density at radius 2 is 2.00 bits per heavy atom. The Morgan fingerprint density at radius 1 is 1.29 bits per heavy atom. The Balaban J connectivity index is 2.21. The Bertz CT molecular complexity index is 290. The largest absolute Gasteiger partial charge is 0.389 e. The summed E-state index contributed by atoms with van der Waals surface area (Å²) in [7, 11) is 0. The van der Waals surface area contributed by atoms with Crippen LogP contribution in [0.5, 0.6) is 0 Å². The van der Waals surface area contributed by atoms with Crippen LogP contribution in [0.3, 0.4) is 0 Å². The molecule has 0 saturated carbocycles. The van der Waals surface area contributed by atoms with E-state index in [2.05, 4.69) is 12.2 Å². The number of aliphatic hydroxyl groups is 1. The van der Waals surface area contributed by atoms with E-state index in [4.69, 9.17) is 4.74 Å². The zero-order chi connectivity index (χ0) is 12.5. The topological polar surface area (TPSA) is 41.5 Å². The fraction of sp³-hybridized carbons (Fsp3) is 0.571. The van der Waals surface area contributed by atoms with Crippen molar-refractivity contribution in [1.29, 1.82) is 0 Å². The van der Waals surface area contributed by atoms with Gasteiger partial charge in [-0.3, -0.25) is 0 Å². The molecule has 3 heteroatoms. The summed E-state index contributed by atoms with van der Waals surface area (Å²) in [5.41, 5.74) is 1.14. The molecule has 17 heavy (non-hydrogen) atoms. The molecule has 0 saturated heterocycles. The predicted molar refractivity (Wildman–Crippen MR) is 70.0 cm³/mol. The van der Waals surface area contributed by atoms with Crippen molar-refractivity contribution < 1.29 is 9.84 Å². The number of rotatable bonds is 8. The third-order valence-corrected chi connectivity index (χ3v) is 2.61. The molecule has 0 aliphatic rings. The molecule has 0 aliphatic carbocycles. The molecule has 0 radical (unpaired) electrons. The van der Waals surface area contributed by atoms with Crippen LogP contribution < -0.4 is 5.32 Å². The minimum atomic E-state index is -0.437. The van der Waals surface area contributed by atoms with Gasteiger partial charge >= 0.3 is 0 Å². The summed E-state index contributed by atoms with van der Waals surface area (Å²) in [5, 5.41) is 12.9. The van der Waals surface area contributed by atoms with E-state index < -0.39 is 6.10 Å². The van der Waals surface area contributed by atoms with Gasteiger partial charge in [0.05, 0.1) is 18.8 Å². The van der Waals surface area contributed by atoms with E-state index in [1.807, 2.05) is 37.3 Å². The Labute approximate surface area is 104 Å². The third kappa shape index (κ3) is 5.82. The quantitative estimate of drug-likeness (QED) is 0.681. The molecule has 0 aromatic heterocycles. The molecule has 96 valence electrons. The first kappa shape index (κ1) is 14.2. The van der Waals surface area contributed by atoms with Crippen molar-refractivity contribution in [3.8, 4) is 0 Å². The van der Waals surface area contributed by atoms with Crippen molar-refractivity contribution >= 4 is 0 Å². The third-order valence-electron chi connectivity index (χ3n) is 2.61. The maximum Gasteiger partial charge on any atom is 0.0897 e. The van der Waals surface area contributed by atoms with Gasteiger partial charge in [-0.15, -0.1) is 0 Å². The van der Waals surface area contributed by atoms with Gasteiger partial charge in [0.1, 0.15) is 0 Å². The van der Waals surface area contributed by atoms with Gasteiger partial charge in [-0.05, 0) is 25.5 Å². The molecule has 1 rings (SSSR count). The molecule has 0 aliphatic heterocycles. The van der Waals surface area contributed by atoms with Gasteiger partial charge in [0.15, 0.2) is 0 Å². The number of ether oxygens (including phenoxy) is 1. The van der Waals surface area contributed by atoms with E-state index in [0.717, 1.165) is 18.5 Å². The Morgan fingerprint density at radius 3 is 2.65 bits per heavy atom. The van der Waals surface area contributed by atoms with Gasteiger partial charge in [0, 0.05) is 6.54 Å². The van der Waals surface area contributed by atoms with E-state index >= 15 is 0 Å². The minimum Gasteiger partial charge on any atom is -0.389 e. The van der Waals surface area contributed by atoms with Crippen molar-refractivity contribution in [1.82, 2.24) is 5.32 Å². The molecule has 0 spiro atoms. The summed E-state index contributed by atoms with van der Waals surface area (Å²) < 4.78 is 5.63. The molecule has 2 N–H and O–H groups in total. The normalized spacial score (nSPS) is 14.5. The van der Waals surface area contributed by atoms with Crippen molar-refractivity contribution in [3.05, 3.63) is 35.9 Å². The number of hydrogen-bond donors (Lipinski definition) is 2. The first-order valence-electron chi connectivity index (χ1n) is 6.29. The fourth-order valence-electron chi connectivity index (χ4n) is 1.58. The van der Waals surface area contributed by atoms with Gasteiger partial charge in [-0.25, -0.2) is 0 Å². The van der Waals surface area contributed by atoms with E-state index in [9.17, 15) is 5.11 Å². The highest BCUT2D eigenvalue weighted by molar-refractivity contribution is 5.16. The standard InChI is InChI=1S/C14H23NO2/c1-3-9-15-10-14(16)11-17-12(2)13-7-5-4-6-8-13/h4-8,12,14-16H,3,9-11H2,1-2H3. The lowest BCUT2D eigenvalue weighted by Gasteiger charge is -2.17. The van der Waals surface area contributed by atoms with Gasteiger partial charge in [-0.1, -0.05) is 37.3 Å². The molecule has 0 amide bonds. The summed E-state index contributed by atoms with van der Waals surface area (Å²) in [6, 6.07) is 10.0. The lowest BCUT2D eigenvalue weighted by Crippen LogP contribution is -2.31. The van der Waals surface area contributed by atoms with Crippen molar-refractivity contribution in [2.24, 2.45) is 0 Å². The molecule has 2 atom stereocenters. The summed E-state index contributed by atoms with van der Waals surface area (Å²) in [6.45, 7) is 6.00. The second-order valence-corrected chi connectivity index (χ2v) is 4.24.